The fraction of sp³-hybridized carbons (Fsp3) is 0.259. The van der Waals surface area contributed by atoms with Crippen molar-refractivity contribution in [2.75, 3.05) is 25.1 Å². The summed E-state index contributed by atoms with van der Waals surface area (Å²) >= 11 is 0. The number of rotatable bonds is 10. The van der Waals surface area contributed by atoms with Crippen molar-refractivity contribution in [2.45, 2.75) is 24.7 Å². The molecule has 0 bridgehead atoms. The highest BCUT2D eigenvalue weighted by molar-refractivity contribution is 7.90. The smallest absolute Gasteiger partial charge is 0.293 e. The van der Waals surface area contributed by atoms with Gasteiger partial charge in [-0.25, -0.2) is 13.1 Å². The summed E-state index contributed by atoms with van der Waals surface area (Å²) in [5, 5.41) is 14.8. The number of carbonyl (C=O) groups is 2. The van der Waals surface area contributed by atoms with Crippen LogP contribution in [-0.2, 0) is 14.8 Å². The third-order valence-electron chi connectivity index (χ3n) is 6.23. The lowest BCUT2D eigenvalue weighted by atomic mass is 10.0. The molecule has 1 aliphatic rings. The zero-order chi connectivity index (χ0) is 28.0. The number of benzene rings is 3. The highest BCUT2D eigenvalue weighted by Gasteiger charge is 2.27. The second-order valence-electron chi connectivity index (χ2n) is 8.96. The molecular formula is C27H27N3O8S. The Hall–Kier alpha value is -4.29. The molecule has 1 saturated heterocycles. The van der Waals surface area contributed by atoms with Crippen LogP contribution in [0, 0.1) is 16.0 Å². The van der Waals surface area contributed by atoms with E-state index in [4.69, 9.17) is 9.47 Å². The number of hydrogen-bond acceptors (Lipinski definition) is 9. The minimum absolute atomic E-state index is 0.0829. The predicted octanol–water partition coefficient (Wildman–Crippen LogP) is 4.55. The van der Waals surface area contributed by atoms with Crippen LogP contribution >= 0.6 is 0 Å². The first-order valence-corrected chi connectivity index (χ1v) is 13.7. The van der Waals surface area contributed by atoms with E-state index in [0.717, 1.165) is 18.9 Å². The zero-order valence-electron chi connectivity index (χ0n) is 21.1. The minimum atomic E-state index is -4.53. The van der Waals surface area contributed by atoms with Gasteiger partial charge in [0.1, 0.15) is 11.4 Å². The number of nitro benzene ring substituents is 1. The predicted molar refractivity (Wildman–Crippen MR) is 143 cm³/mol. The molecule has 1 heterocycles. The molecule has 0 radical (unpaired) electrons. The molecule has 1 amide bonds. The van der Waals surface area contributed by atoms with Crippen LogP contribution < -0.4 is 14.8 Å². The summed E-state index contributed by atoms with van der Waals surface area (Å²) in [6.45, 7) is 3.02. The number of ketones is 1. The Morgan fingerprint density at radius 3 is 2.38 bits per heavy atom. The summed E-state index contributed by atoms with van der Waals surface area (Å²) in [5.41, 5.74) is -0.382. The number of amides is 1. The Labute approximate surface area is 225 Å². The lowest BCUT2D eigenvalue weighted by Gasteiger charge is -2.22. The fourth-order valence-electron chi connectivity index (χ4n) is 4.13. The third kappa shape index (κ3) is 6.78. The SMILES string of the molecule is CC(=O)c1cccc(C(=O)NS(=O)(=O)c2ccc(NCC3CCOCC3)c([N+](=O)[O-])c2)c1Oc1ccccc1. The van der Waals surface area contributed by atoms with Crippen molar-refractivity contribution < 1.29 is 32.4 Å². The van der Waals surface area contributed by atoms with Gasteiger partial charge < -0.3 is 14.8 Å². The maximum Gasteiger partial charge on any atom is 0.293 e. The fourth-order valence-corrected chi connectivity index (χ4v) is 5.12. The molecule has 0 atom stereocenters. The van der Waals surface area contributed by atoms with Gasteiger partial charge in [-0.2, -0.15) is 0 Å². The van der Waals surface area contributed by atoms with Gasteiger partial charge in [0.2, 0.25) is 0 Å². The number of Topliss-reactive ketones (excluding diaryl/α,β-unsaturated/α-hetero) is 1. The Kier molecular flexibility index (Phi) is 8.57. The average Bonchev–Trinajstić information content (AvgIpc) is 2.92. The van der Waals surface area contributed by atoms with E-state index in [0.29, 0.717) is 25.5 Å². The number of para-hydroxylation sites is 2. The molecule has 3 aromatic rings. The van der Waals surface area contributed by atoms with E-state index >= 15 is 0 Å². The topological polar surface area (TPSA) is 154 Å². The molecule has 204 valence electrons. The molecule has 0 spiro atoms. The summed E-state index contributed by atoms with van der Waals surface area (Å²) in [6.07, 6.45) is 1.64. The summed E-state index contributed by atoms with van der Waals surface area (Å²) in [6, 6.07) is 16.0. The van der Waals surface area contributed by atoms with Crippen LogP contribution in [0.3, 0.4) is 0 Å². The molecule has 0 aliphatic carbocycles. The van der Waals surface area contributed by atoms with E-state index in [1.165, 1.54) is 37.3 Å². The van der Waals surface area contributed by atoms with Crippen LogP contribution in [-0.4, -0.2) is 44.8 Å². The van der Waals surface area contributed by atoms with Crippen molar-refractivity contribution in [3.8, 4) is 11.5 Å². The van der Waals surface area contributed by atoms with Gasteiger partial charge in [0.05, 0.1) is 20.9 Å². The van der Waals surface area contributed by atoms with Crippen molar-refractivity contribution in [1.29, 1.82) is 0 Å². The van der Waals surface area contributed by atoms with Crippen molar-refractivity contribution in [1.82, 2.24) is 4.72 Å². The number of sulfonamides is 1. The molecule has 39 heavy (non-hydrogen) atoms. The van der Waals surface area contributed by atoms with E-state index in [1.54, 1.807) is 30.3 Å². The number of carbonyl (C=O) groups excluding carboxylic acids is 2. The number of anilines is 1. The monoisotopic (exact) mass is 553 g/mol. The van der Waals surface area contributed by atoms with Gasteiger partial charge in [0.15, 0.2) is 11.5 Å². The Morgan fingerprint density at radius 2 is 1.72 bits per heavy atom. The quantitative estimate of drug-likeness (QED) is 0.209. The number of nitrogens with zero attached hydrogens (tertiary/aromatic N) is 1. The zero-order valence-corrected chi connectivity index (χ0v) is 21.9. The lowest BCUT2D eigenvalue weighted by molar-refractivity contribution is -0.384. The molecule has 1 aliphatic heterocycles. The van der Waals surface area contributed by atoms with Crippen LogP contribution in [0.15, 0.2) is 71.6 Å². The molecule has 4 rings (SSSR count). The number of nitrogens with one attached hydrogen (secondary N) is 2. The molecule has 12 heteroatoms. The van der Waals surface area contributed by atoms with Crippen LogP contribution in [0.5, 0.6) is 11.5 Å². The molecular weight excluding hydrogens is 526 g/mol. The normalized spacial score (nSPS) is 13.9. The molecule has 2 N–H and O–H groups in total. The van der Waals surface area contributed by atoms with Crippen LogP contribution in [0.1, 0.15) is 40.5 Å². The van der Waals surface area contributed by atoms with Crippen molar-refractivity contribution in [3.63, 3.8) is 0 Å². The van der Waals surface area contributed by atoms with Gasteiger partial charge in [-0.15, -0.1) is 0 Å². The van der Waals surface area contributed by atoms with Gasteiger partial charge in [0.25, 0.3) is 21.6 Å². The molecule has 0 aromatic heterocycles. The minimum Gasteiger partial charge on any atom is -0.456 e. The molecule has 1 fully saturated rings. The van der Waals surface area contributed by atoms with E-state index in [1.807, 2.05) is 4.72 Å². The van der Waals surface area contributed by atoms with Crippen molar-refractivity contribution >= 4 is 33.1 Å². The van der Waals surface area contributed by atoms with Crippen LogP contribution in [0.4, 0.5) is 11.4 Å². The van der Waals surface area contributed by atoms with E-state index in [9.17, 15) is 28.1 Å². The van der Waals surface area contributed by atoms with Gasteiger partial charge >= 0.3 is 0 Å². The van der Waals surface area contributed by atoms with Crippen molar-refractivity contribution in [3.05, 3.63) is 88.0 Å². The van der Waals surface area contributed by atoms with Gasteiger partial charge in [-0.3, -0.25) is 19.7 Å². The van der Waals surface area contributed by atoms with E-state index in [-0.39, 0.29) is 28.5 Å². The summed E-state index contributed by atoms with van der Waals surface area (Å²) in [7, 11) is -4.53. The highest BCUT2D eigenvalue weighted by Crippen LogP contribution is 2.31. The van der Waals surface area contributed by atoms with E-state index < -0.39 is 37.2 Å². The van der Waals surface area contributed by atoms with Gasteiger partial charge in [0, 0.05) is 25.8 Å². The Bertz CT molecular complexity index is 1490. The third-order valence-corrected chi connectivity index (χ3v) is 7.56. The first-order valence-electron chi connectivity index (χ1n) is 12.2. The van der Waals surface area contributed by atoms with E-state index in [2.05, 4.69) is 5.32 Å². The molecule has 11 nitrogen and oxygen atoms in total. The molecule has 0 unspecified atom stereocenters. The number of hydrogen-bond donors (Lipinski definition) is 2. The lowest BCUT2D eigenvalue weighted by Crippen LogP contribution is -2.31. The summed E-state index contributed by atoms with van der Waals surface area (Å²) in [4.78, 5) is 35.9. The number of nitro groups is 1. The standard InChI is InChI=1S/C27H27N3O8S/c1-18(31)22-8-5-9-23(26(22)38-20-6-3-2-4-7-20)27(32)29-39(35,36)21-10-11-24(25(16-21)30(33)34)28-17-19-12-14-37-15-13-19/h2-11,16,19,28H,12-15,17H2,1H3,(H,29,32). The second-order valence-corrected chi connectivity index (χ2v) is 10.6. The maximum atomic E-state index is 13.1. The number of ether oxygens (including phenoxy) is 2. The Balaban J connectivity index is 1.59. The van der Waals surface area contributed by atoms with Crippen molar-refractivity contribution in [2.24, 2.45) is 5.92 Å². The Morgan fingerprint density at radius 1 is 1.03 bits per heavy atom. The first-order chi connectivity index (χ1) is 18.7. The van der Waals surface area contributed by atoms with Gasteiger partial charge in [-0.1, -0.05) is 24.3 Å². The maximum absolute atomic E-state index is 13.1. The van der Waals surface area contributed by atoms with Crippen LogP contribution in [0.25, 0.3) is 0 Å². The molecule has 0 saturated carbocycles. The highest BCUT2D eigenvalue weighted by atomic mass is 32.2. The molecule has 3 aromatic carbocycles. The average molecular weight is 554 g/mol. The van der Waals surface area contributed by atoms with Crippen LogP contribution in [0.2, 0.25) is 0 Å². The summed E-state index contributed by atoms with van der Waals surface area (Å²) < 4.78 is 39.3. The first kappa shape index (κ1) is 27.7. The second kappa shape index (κ2) is 12.0. The van der Waals surface area contributed by atoms with Gasteiger partial charge in [-0.05, 0) is 62.1 Å². The largest absolute Gasteiger partial charge is 0.456 e. The summed E-state index contributed by atoms with van der Waals surface area (Å²) in [5.74, 6) is -0.949.